The molecule has 7 nitrogen and oxygen atoms in total. The second-order valence-electron chi connectivity index (χ2n) is 7.90. The van der Waals surface area contributed by atoms with Crippen LogP contribution in [0.2, 0.25) is 0 Å². The molecule has 2 amide bonds. The Morgan fingerprint density at radius 2 is 2.17 bits per heavy atom. The van der Waals surface area contributed by atoms with E-state index in [1.165, 1.54) is 4.88 Å². The van der Waals surface area contributed by atoms with Crippen LogP contribution in [0.25, 0.3) is 0 Å². The lowest BCUT2D eigenvalue weighted by molar-refractivity contribution is -0.117. The molecule has 2 aromatic rings. The van der Waals surface area contributed by atoms with Crippen LogP contribution in [0.15, 0.2) is 12.4 Å². The third-order valence-corrected chi connectivity index (χ3v) is 6.93. The van der Waals surface area contributed by atoms with Gasteiger partial charge in [-0.1, -0.05) is 0 Å². The number of carbonyl (C=O) groups is 2. The lowest BCUT2D eigenvalue weighted by Gasteiger charge is -2.13. The van der Waals surface area contributed by atoms with Gasteiger partial charge in [-0.15, -0.1) is 11.3 Å². The summed E-state index contributed by atoms with van der Waals surface area (Å²) in [5.41, 5.74) is 2.91. The summed E-state index contributed by atoms with van der Waals surface area (Å²) in [4.78, 5) is 27.0. The molecule has 2 atom stereocenters. The number of nitrogens with zero attached hydrogens (tertiary/aromatic N) is 2. The molecule has 2 aliphatic rings. The van der Waals surface area contributed by atoms with Gasteiger partial charge in [-0.25, -0.2) is 0 Å². The Labute approximate surface area is 174 Å². The van der Waals surface area contributed by atoms with E-state index in [2.05, 4.69) is 15.7 Å². The summed E-state index contributed by atoms with van der Waals surface area (Å²) in [5, 5.41) is 11.0. The number of thiophene rings is 1. The summed E-state index contributed by atoms with van der Waals surface area (Å²) in [6.45, 7) is 1.18. The molecule has 0 spiro atoms. The number of rotatable bonds is 8. The molecule has 0 aromatic carbocycles. The molecule has 1 saturated carbocycles. The molecule has 1 fully saturated rings. The van der Waals surface area contributed by atoms with Crippen molar-refractivity contribution in [2.24, 2.45) is 13.0 Å². The summed E-state index contributed by atoms with van der Waals surface area (Å²) in [6.07, 6.45) is 9.54. The highest BCUT2D eigenvalue weighted by molar-refractivity contribution is 7.17. The number of fused-ring (bicyclic) bond motifs is 1. The molecular formula is C21H28N4O3S. The first kappa shape index (κ1) is 20.1. The van der Waals surface area contributed by atoms with Gasteiger partial charge in [0.05, 0.1) is 11.8 Å². The third-order valence-electron chi connectivity index (χ3n) is 5.73. The average Bonchev–Trinajstić information content (AvgIpc) is 3.27. The SMILES string of the molecule is COCCCNC(=O)c1c(NC(=O)C2CC2c2cnn(C)c2)sc2c1CCCC2. The van der Waals surface area contributed by atoms with Crippen LogP contribution in [0.4, 0.5) is 5.00 Å². The normalized spacial score (nSPS) is 20.2. The molecule has 0 saturated heterocycles. The van der Waals surface area contributed by atoms with Gasteiger partial charge in [-0.2, -0.15) is 5.10 Å². The van der Waals surface area contributed by atoms with E-state index in [-0.39, 0.29) is 23.7 Å². The Hall–Kier alpha value is -2.19. The molecule has 156 valence electrons. The van der Waals surface area contributed by atoms with Crippen molar-refractivity contribution in [3.05, 3.63) is 34.0 Å². The Bertz CT molecular complexity index is 904. The van der Waals surface area contributed by atoms with Gasteiger partial charge < -0.3 is 15.4 Å². The zero-order chi connectivity index (χ0) is 20.4. The molecule has 2 N–H and O–H groups in total. The molecular weight excluding hydrogens is 388 g/mol. The monoisotopic (exact) mass is 416 g/mol. The minimum Gasteiger partial charge on any atom is -0.385 e. The van der Waals surface area contributed by atoms with Gasteiger partial charge in [0.1, 0.15) is 5.00 Å². The molecule has 2 aliphatic carbocycles. The van der Waals surface area contributed by atoms with Gasteiger partial charge in [0.25, 0.3) is 5.91 Å². The highest BCUT2D eigenvalue weighted by Crippen LogP contribution is 2.48. The van der Waals surface area contributed by atoms with Crippen molar-refractivity contribution in [2.45, 2.75) is 44.4 Å². The molecule has 2 heterocycles. The summed E-state index contributed by atoms with van der Waals surface area (Å²) >= 11 is 1.57. The summed E-state index contributed by atoms with van der Waals surface area (Å²) in [6, 6.07) is 0. The fraction of sp³-hybridized carbons (Fsp3) is 0.571. The molecule has 8 heteroatoms. The zero-order valence-corrected chi connectivity index (χ0v) is 17.8. The highest BCUT2D eigenvalue weighted by Gasteiger charge is 2.45. The van der Waals surface area contributed by atoms with E-state index in [0.717, 1.165) is 49.7 Å². The Morgan fingerprint density at radius 3 is 2.93 bits per heavy atom. The maximum atomic E-state index is 12.9. The van der Waals surface area contributed by atoms with Gasteiger partial charge in [0, 0.05) is 44.3 Å². The van der Waals surface area contributed by atoms with Gasteiger partial charge >= 0.3 is 0 Å². The van der Waals surface area contributed by atoms with Crippen molar-refractivity contribution >= 4 is 28.2 Å². The minimum absolute atomic E-state index is 0.00545. The van der Waals surface area contributed by atoms with Gasteiger partial charge in [0.15, 0.2) is 0 Å². The molecule has 0 aliphatic heterocycles. The van der Waals surface area contributed by atoms with Crippen molar-refractivity contribution < 1.29 is 14.3 Å². The van der Waals surface area contributed by atoms with Crippen LogP contribution in [-0.2, 0) is 29.4 Å². The Morgan fingerprint density at radius 1 is 1.34 bits per heavy atom. The molecule has 2 unspecified atom stereocenters. The number of hydrogen-bond donors (Lipinski definition) is 2. The third kappa shape index (κ3) is 4.38. The van der Waals surface area contributed by atoms with E-state index in [0.29, 0.717) is 23.7 Å². The van der Waals surface area contributed by atoms with Crippen molar-refractivity contribution in [3.8, 4) is 0 Å². The second kappa shape index (κ2) is 8.67. The van der Waals surface area contributed by atoms with E-state index in [1.54, 1.807) is 23.1 Å². The summed E-state index contributed by atoms with van der Waals surface area (Å²) in [5.74, 6) is 0.0989. The predicted molar refractivity (Wildman–Crippen MR) is 112 cm³/mol. The zero-order valence-electron chi connectivity index (χ0n) is 17.0. The van der Waals surface area contributed by atoms with Crippen LogP contribution >= 0.6 is 11.3 Å². The lowest BCUT2D eigenvalue weighted by Crippen LogP contribution is -2.27. The first-order valence-corrected chi connectivity index (χ1v) is 11.1. The topological polar surface area (TPSA) is 85.2 Å². The number of hydrogen-bond acceptors (Lipinski definition) is 5. The molecule has 4 rings (SSSR count). The molecule has 0 radical (unpaired) electrons. The Kier molecular flexibility index (Phi) is 6.01. The number of aryl methyl sites for hydroxylation is 2. The maximum absolute atomic E-state index is 12.9. The lowest BCUT2D eigenvalue weighted by atomic mass is 9.95. The van der Waals surface area contributed by atoms with Crippen LogP contribution in [0.5, 0.6) is 0 Å². The van der Waals surface area contributed by atoms with E-state index in [9.17, 15) is 9.59 Å². The summed E-state index contributed by atoms with van der Waals surface area (Å²) in [7, 11) is 3.54. The van der Waals surface area contributed by atoms with E-state index < -0.39 is 0 Å². The van der Waals surface area contributed by atoms with Gasteiger partial charge in [0.2, 0.25) is 5.91 Å². The summed E-state index contributed by atoms with van der Waals surface area (Å²) < 4.78 is 6.82. The van der Waals surface area contributed by atoms with E-state index in [1.807, 2.05) is 19.4 Å². The average molecular weight is 417 g/mol. The smallest absolute Gasteiger partial charge is 0.254 e. The number of amides is 2. The number of anilines is 1. The van der Waals surface area contributed by atoms with Crippen molar-refractivity contribution in [1.29, 1.82) is 0 Å². The first-order valence-electron chi connectivity index (χ1n) is 10.3. The number of carbonyl (C=O) groups excluding carboxylic acids is 2. The molecule has 2 aromatic heterocycles. The maximum Gasteiger partial charge on any atom is 0.254 e. The van der Waals surface area contributed by atoms with Crippen LogP contribution in [0.1, 0.15) is 58.0 Å². The highest BCUT2D eigenvalue weighted by atomic mass is 32.1. The van der Waals surface area contributed by atoms with Gasteiger partial charge in [-0.05, 0) is 55.6 Å². The van der Waals surface area contributed by atoms with Crippen LogP contribution in [-0.4, -0.2) is 41.9 Å². The van der Waals surface area contributed by atoms with E-state index in [4.69, 9.17) is 4.74 Å². The van der Waals surface area contributed by atoms with Crippen molar-refractivity contribution in [1.82, 2.24) is 15.1 Å². The number of nitrogens with one attached hydrogen (secondary N) is 2. The van der Waals surface area contributed by atoms with E-state index >= 15 is 0 Å². The fourth-order valence-corrected chi connectivity index (χ4v) is 5.38. The predicted octanol–water partition coefficient (Wildman–Crippen LogP) is 2.87. The number of methoxy groups -OCH3 is 1. The quantitative estimate of drug-likeness (QED) is 0.648. The number of ether oxygens (including phenoxy) is 1. The minimum atomic E-state index is -0.0876. The van der Waals surface area contributed by atoms with Gasteiger partial charge in [-0.3, -0.25) is 14.3 Å². The van der Waals surface area contributed by atoms with Crippen molar-refractivity contribution in [2.75, 3.05) is 25.6 Å². The fourth-order valence-electron chi connectivity index (χ4n) is 4.09. The van der Waals surface area contributed by atoms with Crippen molar-refractivity contribution in [3.63, 3.8) is 0 Å². The largest absolute Gasteiger partial charge is 0.385 e. The van der Waals surface area contributed by atoms with Crippen LogP contribution < -0.4 is 10.6 Å². The molecule has 29 heavy (non-hydrogen) atoms. The standard InChI is InChI=1S/C21H28N4O3S/c1-25-12-13(11-23-25)15-10-16(15)19(26)24-21-18(20(27)22-8-5-9-28-2)14-6-3-4-7-17(14)29-21/h11-12,15-16H,3-10H2,1-2H3,(H,22,27)(H,24,26). The van der Waals surface area contributed by atoms with Crippen LogP contribution in [0.3, 0.4) is 0 Å². The number of aromatic nitrogens is 2. The Balaban J connectivity index is 1.47. The second-order valence-corrected chi connectivity index (χ2v) is 9.01. The first-order chi connectivity index (χ1) is 14.1. The molecule has 0 bridgehead atoms. The van der Waals surface area contributed by atoms with Crippen LogP contribution in [0, 0.1) is 5.92 Å².